The van der Waals surface area contributed by atoms with Gasteiger partial charge in [-0.25, -0.2) is 0 Å². The number of amides is 1. The summed E-state index contributed by atoms with van der Waals surface area (Å²) in [5.74, 6) is -1.50. The molecule has 208 valence electrons. The molecule has 0 spiro atoms. The van der Waals surface area contributed by atoms with E-state index in [1.807, 2.05) is 6.92 Å². The lowest BCUT2D eigenvalue weighted by Crippen LogP contribution is -2.49. The van der Waals surface area contributed by atoms with Gasteiger partial charge < -0.3 is 14.4 Å². The third-order valence-electron chi connectivity index (χ3n) is 7.51. The molecule has 3 aliphatic rings. The van der Waals surface area contributed by atoms with Gasteiger partial charge in [-0.1, -0.05) is 18.5 Å². The minimum Gasteiger partial charge on any atom is -0.370 e. The standard InChI is InChI=1S/C23H26ClF6N7O/c1-13-9-35(19-15-2-4-34(12-22(25,26)27)10-17(15)31-8-16(19)24)5-3-14(13)20(38)36-6-7-37-18(11-36)32-33-21(37)23(28,29)30/h8,13-14H,2-7,9-12H2,1H3/t13-,14+/m1/s1. The highest BCUT2D eigenvalue weighted by atomic mass is 35.5. The van der Waals surface area contributed by atoms with Crippen molar-refractivity contribution in [1.82, 2.24) is 29.5 Å². The maximum absolute atomic E-state index is 13.4. The Morgan fingerprint density at radius 3 is 2.53 bits per heavy atom. The minimum absolute atomic E-state index is 0.0275. The molecule has 0 radical (unpaired) electrons. The average Bonchev–Trinajstić information content (AvgIpc) is 3.27. The predicted octanol–water partition coefficient (Wildman–Crippen LogP) is 3.77. The highest BCUT2D eigenvalue weighted by molar-refractivity contribution is 6.33. The summed E-state index contributed by atoms with van der Waals surface area (Å²) in [7, 11) is 0. The molecule has 0 bridgehead atoms. The van der Waals surface area contributed by atoms with Gasteiger partial charge in [0.2, 0.25) is 11.7 Å². The number of halogens is 7. The number of hydrogen-bond donors (Lipinski definition) is 0. The maximum atomic E-state index is 13.4. The molecular formula is C23H26ClF6N7O. The van der Waals surface area contributed by atoms with Crippen LogP contribution in [0.1, 0.15) is 36.3 Å². The molecule has 0 unspecified atom stereocenters. The first-order valence-corrected chi connectivity index (χ1v) is 12.7. The first-order chi connectivity index (χ1) is 17.8. The van der Waals surface area contributed by atoms with Gasteiger partial charge in [0, 0.05) is 56.9 Å². The van der Waals surface area contributed by atoms with Gasteiger partial charge in [0.05, 0.1) is 29.5 Å². The van der Waals surface area contributed by atoms with Crippen LogP contribution in [-0.4, -0.2) is 74.4 Å². The second-order valence-electron chi connectivity index (χ2n) is 10.1. The zero-order valence-electron chi connectivity index (χ0n) is 20.5. The van der Waals surface area contributed by atoms with Crippen LogP contribution in [0.3, 0.4) is 0 Å². The van der Waals surface area contributed by atoms with Crippen LogP contribution in [0.2, 0.25) is 5.02 Å². The van der Waals surface area contributed by atoms with Crippen LogP contribution in [0.15, 0.2) is 6.20 Å². The summed E-state index contributed by atoms with van der Waals surface area (Å²) < 4.78 is 79.0. The number of anilines is 1. The summed E-state index contributed by atoms with van der Waals surface area (Å²) in [6, 6.07) is 0. The molecule has 2 atom stereocenters. The van der Waals surface area contributed by atoms with E-state index in [0.29, 0.717) is 36.6 Å². The van der Waals surface area contributed by atoms with Gasteiger partial charge in [-0.3, -0.25) is 14.7 Å². The van der Waals surface area contributed by atoms with E-state index in [1.165, 1.54) is 16.0 Å². The van der Waals surface area contributed by atoms with Gasteiger partial charge in [-0.15, -0.1) is 10.2 Å². The number of carbonyl (C=O) groups excluding carboxylic acids is 1. The number of rotatable bonds is 3. The Kier molecular flexibility index (Phi) is 6.99. The van der Waals surface area contributed by atoms with Gasteiger partial charge >= 0.3 is 12.4 Å². The summed E-state index contributed by atoms with van der Waals surface area (Å²) in [4.78, 5) is 22.6. The minimum atomic E-state index is -4.61. The third-order valence-corrected chi connectivity index (χ3v) is 7.78. The van der Waals surface area contributed by atoms with Crippen molar-refractivity contribution in [3.63, 3.8) is 0 Å². The van der Waals surface area contributed by atoms with Crippen molar-refractivity contribution in [2.45, 2.75) is 51.8 Å². The van der Waals surface area contributed by atoms with Crippen molar-refractivity contribution in [2.24, 2.45) is 11.8 Å². The third kappa shape index (κ3) is 5.29. The molecule has 0 aliphatic carbocycles. The van der Waals surface area contributed by atoms with E-state index in [2.05, 4.69) is 20.1 Å². The Morgan fingerprint density at radius 2 is 1.84 bits per heavy atom. The van der Waals surface area contributed by atoms with Gasteiger partial charge in [0.15, 0.2) is 5.82 Å². The van der Waals surface area contributed by atoms with Gasteiger partial charge in [0.1, 0.15) is 0 Å². The van der Waals surface area contributed by atoms with Gasteiger partial charge in [0.25, 0.3) is 0 Å². The van der Waals surface area contributed by atoms with Crippen LogP contribution in [0.25, 0.3) is 0 Å². The molecule has 2 aromatic heterocycles. The van der Waals surface area contributed by atoms with Gasteiger partial charge in [-0.05, 0) is 18.8 Å². The number of hydrogen-bond acceptors (Lipinski definition) is 6. The molecule has 0 saturated carbocycles. The Morgan fingerprint density at radius 1 is 1.08 bits per heavy atom. The van der Waals surface area contributed by atoms with E-state index in [9.17, 15) is 31.1 Å². The fourth-order valence-corrected chi connectivity index (χ4v) is 6.03. The number of pyridine rings is 1. The highest BCUT2D eigenvalue weighted by Gasteiger charge is 2.42. The van der Waals surface area contributed by atoms with Crippen LogP contribution >= 0.6 is 11.6 Å². The molecule has 5 heterocycles. The molecule has 2 aromatic rings. The molecule has 0 aromatic carbocycles. The number of carbonyl (C=O) groups is 1. The lowest BCUT2D eigenvalue weighted by molar-refractivity contribution is -0.149. The Hall–Kier alpha value is -2.61. The number of piperidine rings is 1. The van der Waals surface area contributed by atoms with Crippen LogP contribution in [-0.2, 0) is 37.0 Å². The average molecular weight is 566 g/mol. The second-order valence-corrected chi connectivity index (χ2v) is 10.5. The quantitative estimate of drug-likeness (QED) is 0.528. The molecule has 5 rings (SSSR count). The molecule has 15 heteroatoms. The Labute approximate surface area is 219 Å². The van der Waals surface area contributed by atoms with E-state index in [-0.39, 0.29) is 56.3 Å². The Bertz CT molecular complexity index is 1220. The summed E-state index contributed by atoms with van der Waals surface area (Å²) in [6.07, 6.45) is -6.54. The zero-order chi connectivity index (χ0) is 27.4. The van der Waals surface area contributed by atoms with E-state index < -0.39 is 24.7 Å². The Balaban J connectivity index is 1.27. The largest absolute Gasteiger partial charge is 0.451 e. The van der Waals surface area contributed by atoms with Crippen LogP contribution in [0.5, 0.6) is 0 Å². The van der Waals surface area contributed by atoms with Crippen molar-refractivity contribution in [3.05, 3.63) is 34.1 Å². The number of nitrogens with zero attached hydrogens (tertiary/aromatic N) is 7. The summed E-state index contributed by atoms with van der Waals surface area (Å²) >= 11 is 6.52. The normalized spacial score (nSPS) is 22.8. The fourth-order valence-electron chi connectivity index (χ4n) is 5.75. The summed E-state index contributed by atoms with van der Waals surface area (Å²) in [6.45, 7) is 2.34. The van der Waals surface area contributed by atoms with Crippen molar-refractivity contribution in [3.8, 4) is 0 Å². The number of aromatic nitrogens is 4. The second kappa shape index (κ2) is 9.85. The van der Waals surface area contributed by atoms with E-state index in [4.69, 9.17) is 11.6 Å². The lowest BCUT2D eigenvalue weighted by atomic mass is 9.85. The number of alkyl halides is 6. The molecular weight excluding hydrogens is 540 g/mol. The summed E-state index contributed by atoms with van der Waals surface area (Å²) in [5.41, 5.74) is 2.16. The smallest absolute Gasteiger partial charge is 0.370 e. The van der Waals surface area contributed by atoms with Crippen molar-refractivity contribution in [2.75, 3.05) is 37.6 Å². The van der Waals surface area contributed by atoms with Crippen LogP contribution in [0.4, 0.5) is 32.0 Å². The monoisotopic (exact) mass is 565 g/mol. The molecule has 38 heavy (non-hydrogen) atoms. The highest BCUT2D eigenvalue weighted by Crippen LogP contribution is 2.39. The van der Waals surface area contributed by atoms with Crippen molar-refractivity contribution in [1.29, 1.82) is 0 Å². The molecule has 1 amide bonds. The van der Waals surface area contributed by atoms with Crippen LogP contribution in [0, 0.1) is 11.8 Å². The van der Waals surface area contributed by atoms with Crippen molar-refractivity contribution >= 4 is 23.2 Å². The lowest BCUT2D eigenvalue weighted by Gasteiger charge is -2.42. The summed E-state index contributed by atoms with van der Waals surface area (Å²) in [5, 5.41) is 7.34. The molecule has 1 fully saturated rings. The molecule has 0 N–H and O–H groups in total. The molecule has 8 nitrogen and oxygen atoms in total. The van der Waals surface area contributed by atoms with E-state index >= 15 is 0 Å². The van der Waals surface area contributed by atoms with Gasteiger partial charge in [-0.2, -0.15) is 26.3 Å². The molecule has 1 saturated heterocycles. The first kappa shape index (κ1) is 27.0. The SMILES string of the molecule is C[C@@H]1CN(c2c(Cl)cnc3c2CCN(CC(F)(F)F)C3)CC[C@@H]1C(=O)N1CCn2c(nnc2C(F)(F)F)C1. The predicted molar refractivity (Wildman–Crippen MR) is 124 cm³/mol. The maximum Gasteiger partial charge on any atom is 0.451 e. The first-order valence-electron chi connectivity index (χ1n) is 12.3. The van der Waals surface area contributed by atoms with E-state index in [0.717, 1.165) is 15.8 Å². The fraction of sp³-hybridized carbons (Fsp3) is 0.652. The van der Waals surface area contributed by atoms with Crippen molar-refractivity contribution < 1.29 is 31.1 Å². The number of fused-ring (bicyclic) bond motifs is 2. The van der Waals surface area contributed by atoms with Crippen LogP contribution < -0.4 is 4.90 Å². The molecule has 3 aliphatic heterocycles. The zero-order valence-corrected chi connectivity index (χ0v) is 21.2. The topological polar surface area (TPSA) is 70.4 Å². The van der Waals surface area contributed by atoms with E-state index in [1.54, 1.807) is 0 Å².